The van der Waals surface area contributed by atoms with Crippen LogP contribution in [0.4, 0.5) is 5.82 Å². The van der Waals surface area contributed by atoms with Gasteiger partial charge >= 0.3 is 0 Å². The molecule has 2 atom stereocenters. The van der Waals surface area contributed by atoms with Crippen molar-refractivity contribution in [3.05, 3.63) is 66.9 Å². The Labute approximate surface area is 209 Å². The number of fused-ring (bicyclic) bond motifs is 1. The van der Waals surface area contributed by atoms with Gasteiger partial charge in [-0.2, -0.15) is 15.5 Å². The SMILES string of the molecule is C=C(C)C(=O)NC1CC(C)CN(c2ccc(-c3cc(-c4cnn(C)c4)cn4ncc(C#N)c34)cn2)C1. The first kappa shape index (κ1) is 23.3. The molecule has 4 aromatic heterocycles. The summed E-state index contributed by atoms with van der Waals surface area (Å²) in [5.74, 6) is 1.16. The third-order valence-corrected chi connectivity index (χ3v) is 6.54. The predicted octanol–water partition coefficient (Wildman–Crippen LogP) is 3.58. The fourth-order valence-corrected chi connectivity index (χ4v) is 4.84. The molecule has 5 heterocycles. The zero-order valence-corrected chi connectivity index (χ0v) is 20.6. The Hall–Kier alpha value is -4.45. The van der Waals surface area contributed by atoms with Gasteiger partial charge in [-0.1, -0.05) is 13.5 Å². The van der Waals surface area contributed by atoms with Gasteiger partial charge in [0.1, 0.15) is 11.9 Å². The quantitative estimate of drug-likeness (QED) is 0.438. The van der Waals surface area contributed by atoms with Crippen LogP contribution in [0.2, 0.25) is 0 Å². The van der Waals surface area contributed by atoms with Gasteiger partial charge in [-0.05, 0) is 37.5 Å². The predicted molar refractivity (Wildman–Crippen MR) is 138 cm³/mol. The standard InChI is InChI=1S/C27H28N8O/c1-17(2)27(36)32-23-7-18(3)13-34(16-23)25-6-5-19(10-29-25)24-8-20(22-12-30-33(4)14-22)15-35-26(24)21(9-28)11-31-35/h5-6,8,10-12,14-15,18,23H,1,7,13,16H2,2-4H3,(H,32,36). The lowest BCUT2D eigenvalue weighted by Gasteiger charge is -2.37. The van der Waals surface area contributed by atoms with E-state index in [0.29, 0.717) is 23.6 Å². The first-order chi connectivity index (χ1) is 17.3. The lowest BCUT2D eigenvalue weighted by molar-refractivity contribution is -0.118. The Bertz CT molecular complexity index is 1490. The van der Waals surface area contributed by atoms with Crippen molar-refractivity contribution in [3.8, 4) is 28.3 Å². The molecule has 4 aromatic rings. The van der Waals surface area contributed by atoms with E-state index in [0.717, 1.165) is 46.6 Å². The third-order valence-electron chi connectivity index (χ3n) is 6.54. The molecule has 0 spiro atoms. The van der Waals surface area contributed by atoms with E-state index < -0.39 is 0 Å². The molecule has 1 fully saturated rings. The number of anilines is 1. The van der Waals surface area contributed by atoms with Gasteiger partial charge in [-0.25, -0.2) is 9.50 Å². The van der Waals surface area contributed by atoms with E-state index in [9.17, 15) is 10.1 Å². The minimum absolute atomic E-state index is 0.0418. The number of pyridine rings is 2. The fraction of sp³-hybridized carbons (Fsp3) is 0.296. The van der Waals surface area contributed by atoms with Gasteiger partial charge in [0.25, 0.3) is 0 Å². The van der Waals surface area contributed by atoms with Crippen LogP contribution in [0.15, 0.2) is 61.3 Å². The van der Waals surface area contributed by atoms with E-state index in [1.54, 1.807) is 22.3 Å². The summed E-state index contributed by atoms with van der Waals surface area (Å²) in [7, 11) is 1.88. The summed E-state index contributed by atoms with van der Waals surface area (Å²) in [4.78, 5) is 19.1. The topological polar surface area (TPSA) is 104 Å². The lowest BCUT2D eigenvalue weighted by atomic mass is 9.95. The van der Waals surface area contributed by atoms with Crippen LogP contribution in [0.5, 0.6) is 0 Å². The van der Waals surface area contributed by atoms with Gasteiger partial charge in [0.2, 0.25) is 5.91 Å². The van der Waals surface area contributed by atoms with E-state index >= 15 is 0 Å². The molecule has 1 N–H and O–H groups in total. The zero-order chi connectivity index (χ0) is 25.4. The number of carbonyl (C=O) groups excluding carboxylic acids is 1. The van der Waals surface area contributed by atoms with Crippen LogP contribution in [-0.2, 0) is 11.8 Å². The molecule has 0 aromatic carbocycles. The highest BCUT2D eigenvalue weighted by atomic mass is 16.1. The molecule has 0 bridgehead atoms. The number of hydrogen-bond acceptors (Lipinski definition) is 6. The van der Waals surface area contributed by atoms with Crippen LogP contribution >= 0.6 is 0 Å². The van der Waals surface area contributed by atoms with Gasteiger partial charge < -0.3 is 10.2 Å². The number of aromatic nitrogens is 5. The summed E-state index contributed by atoms with van der Waals surface area (Å²) < 4.78 is 3.50. The van der Waals surface area contributed by atoms with Gasteiger partial charge in [0.15, 0.2) is 0 Å². The molecule has 0 aliphatic carbocycles. The minimum Gasteiger partial charge on any atom is -0.354 e. The van der Waals surface area contributed by atoms with Crippen molar-refractivity contribution in [2.45, 2.75) is 26.3 Å². The highest BCUT2D eigenvalue weighted by molar-refractivity contribution is 5.92. The van der Waals surface area contributed by atoms with Crippen molar-refractivity contribution in [3.63, 3.8) is 0 Å². The monoisotopic (exact) mass is 480 g/mol. The Morgan fingerprint density at radius 2 is 1.97 bits per heavy atom. The number of nitrogens with zero attached hydrogens (tertiary/aromatic N) is 7. The summed E-state index contributed by atoms with van der Waals surface area (Å²) >= 11 is 0. The molecule has 1 amide bonds. The molecule has 5 rings (SSSR count). The van der Waals surface area contributed by atoms with Crippen molar-refractivity contribution in [1.82, 2.24) is 29.7 Å². The van der Waals surface area contributed by atoms with Crippen LogP contribution in [0.3, 0.4) is 0 Å². The van der Waals surface area contributed by atoms with Crippen molar-refractivity contribution >= 4 is 17.2 Å². The second-order valence-electron chi connectivity index (χ2n) is 9.61. The van der Waals surface area contributed by atoms with Gasteiger partial charge in [-0.3, -0.25) is 9.48 Å². The molecular formula is C27H28N8O. The first-order valence-electron chi connectivity index (χ1n) is 11.9. The molecule has 0 radical (unpaired) electrons. The van der Waals surface area contributed by atoms with Crippen molar-refractivity contribution in [2.24, 2.45) is 13.0 Å². The maximum atomic E-state index is 12.2. The summed E-state index contributed by atoms with van der Waals surface area (Å²) in [6.07, 6.45) is 10.0. The van der Waals surface area contributed by atoms with E-state index in [-0.39, 0.29) is 11.9 Å². The van der Waals surface area contributed by atoms with Crippen LogP contribution < -0.4 is 10.2 Å². The number of nitrogens with one attached hydrogen (secondary N) is 1. The number of rotatable bonds is 5. The van der Waals surface area contributed by atoms with Crippen LogP contribution in [-0.4, -0.2) is 49.4 Å². The Balaban J connectivity index is 1.48. The molecule has 2 unspecified atom stereocenters. The van der Waals surface area contributed by atoms with Crippen LogP contribution in [0.25, 0.3) is 27.8 Å². The highest BCUT2D eigenvalue weighted by Crippen LogP contribution is 2.32. The van der Waals surface area contributed by atoms with Crippen LogP contribution in [0, 0.1) is 17.2 Å². The largest absolute Gasteiger partial charge is 0.354 e. The summed E-state index contributed by atoms with van der Waals surface area (Å²) in [6, 6.07) is 8.37. The molecule has 9 heteroatoms. The molecule has 0 saturated carbocycles. The lowest BCUT2D eigenvalue weighted by Crippen LogP contribution is -2.50. The number of carbonyl (C=O) groups is 1. The van der Waals surface area contributed by atoms with E-state index in [4.69, 9.17) is 4.98 Å². The van der Waals surface area contributed by atoms with Gasteiger partial charge in [-0.15, -0.1) is 0 Å². The third kappa shape index (κ3) is 4.45. The van der Waals surface area contributed by atoms with Crippen LogP contribution in [0.1, 0.15) is 25.8 Å². The average Bonchev–Trinajstić information content (AvgIpc) is 3.49. The van der Waals surface area contributed by atoms with Gasteiger partial charge in [0.05, 0.1) is 23.5 Å². The van der Waals surface area contributed by atoms with E-state index in [1.807, 2.05) is 44.0 Å². The first-order valence-corrected chi connectivity index (χ1v) is 11.9. The summed E-state index contributed by atoms with van der Waals surface area (Å²) in [5.41, 5.74) is 5.44. The Morgan fingerprint density at radius 3 is 2.64 bits per heavy atom. The molecule has 1 saturated heterocycles. The van der Waals surface area contributed by atoms with E-state index in [2.05, 4.69) is 46.1 Å². The van der Waals surface area contributed by atoms with Crippen molar-refractivity contribution < 1.29 is 4.79 Å². The smallest absolute Gasteiger partial charge is 0.246 e. The minimum atomic E-state index is -0.107. The number of hydrogen-bond donors (Lipinski definition) is 1. The number of piperidine rings is 1. The molecule has 1 aliphatic heterocycles. The fourth-order valence-electron chi connectivity index (χ4n) is 4.84. The molecule has 36 heavy (non-hydrogen) atoms. The maximum absolute atomic E-state index is 12.2. The number of aryl methyl sites for hydroxylation is 1. The summed E-state index contributed by atoms with van der Waals surface area (Å²) in [6.45, 7) is 9.21. The second kappa shape index (κ2) is 9.30. The average molecular weight is 481 g/mol. The Morgan fingerprint density at radius 1 is 1.14 bits per heavy atom. The molecule has 182 valence electrons. The number of amides is 1. The normalized spacial score (nSPS) is 17.7. The zero-order valence-electron chi connectivity index (χ0n) is 20.6. The molecular weight excluding hydrogens is 452 g/mol. The summed E-state index contributed by atoms with van der Waals surface area (Å²) in [5, 5.41) is 21.5. The van der Waals surface area contributed by atoms with Crippen molar-refractivity contribution in [2.75, 3.05) is 18.0 Å². The molecule has 9 nitrogen and oxygen atoms in total. The highest BCUT2D eigenvalue weighted by Gasteiger charge is 2.27. The second-order valence-corrected chi connectivity index (χ2v) is 9.61. The van der Waals surface area contributed by atoms with Crippen molar-refractivity contribution in [1.29, 1.82) is 5.26 Å². The molecule has 1 aliphatic rings. The van der Waals surface area contributed by atoms with E-state index in [1.165, 1.54) is 0 Å². The Kier molecular flexibility index (Phi) is 6.02. The number of nitriles is 1. The van der Waals surface area contributed by atoms with Gasteiger partial charge in [0, 0.05) is 72.6 Å². The maximum Gasteiger partial charge on any atom is 0.246 e.